The first-order valence-electron chi connectivity index (χ1n) is 5.67. The first kappa shape index (κ1) is 14.6. The minimum Gasteiger partial charge on any atom is -0.379 e. The van der Waals surface area contributed by atoms with Crippen LogP contribution in [0, 0.1) is 21.4 Å². The van der Waals surface area contributed by atoms with E-state index in [1.54, 1.807) is 12.1 Å². The van der Waals surface area contributed by atoms with Crippen molar-refractivity contribution in [2.24, 2.45) is 0 Å². The Labute approximate surface area is 110 Å². The molecule has 0 radical (unpaired) electrons. The van der Waals surface area contributed by atoms with Crippen molar-refractivity contribution in [3.8, 4) is 6.07 Å². The van der Waals surface area contributed by atoms with Crippen LogP contribution in [0.15, 0.2) is 24.8 Å². The van der Waals surface area contributed by atoms with Crippen LogP contribution in [0.4, 0.5) is 11.5 Å². The highest BCUT2D eigenvalue weighted by Crippen LogP contribution is 2.17. The summed E-state index contributed by atoms with van der Waals surface area (Å²) in [6.07, 6.45) is 2.55. The van der Waals surface area contributed by atoms with Crippen LogP contribution >= 0.6 is 0 Å². The Morgan fingerprint density at radius 2 is 2.37 bits per heavy atom. The van der Waals surface area contributed by atoms with E-state index in [0.29, 0.717) is 25.6 Å². The van der Waals surface area contributed by atoms with Gasteiger partial charge in [0.05, 0.1) is 18.1 Å². The van der Waals surface area contributed by atoms with Gasteiger partial charge in [0.2, 0.25) is 5.69 Å². The topological polar surface area (TPSA) is 101 Å². The normalized spacial score (nSPS) is 9.63. The summed E-state index contributed by atoms with van der Waals surface area (Å²) in [4.78, 5) is 13.8. The second-order valence-corrected chi connectivity index (χ2v) is 3.55. The molecule has 1 heterocycles. The molecular weight excluding hydrogens is 248 g/mol. The minimum absolute atomic E-state index is 0.206. The van der Waals surface area contributed by atoms with E-state index in [2.05, 4.69) is 16.9 Å². The lowest BCUT2D eigenvalue weighted by molar-refractivity contribution is -0.385. The zero-order valence-corrected chi connectivity index (χ0v) is 10.3. The van der Waals surface area contributed by atoms with E-state index >= 15 is 0 Å². The summed E-state index contributed by atoms with van der Waals surface area (Å²) in [5, 5.41) is 22.3. The van der Waals surface area contributed by atoms with E-state index in [1.165, 1.54) is 12.1 Å². The number of ether oxygens (including phenoxy) is 1. The van der Waals surface area contributed by atoms with Crippen molar-refractivity contribution in [2.45, 2.75) is 6.42 Å². The molecule has 0 aliphatic heterocycles. The number of nitrogens with one attached hydrogen (secondary N) is 1. The number of hydrogen-bond acceptors (Lipinski definition) is 6. The first-order valence-corrected chi connectivity index (χ1v) is 5.67. The molecule has 0 fully saturated rings. The van der Waals surface area contributed by atoms with Crippen LogP contribution in [0.1, 0.15) is 12.1 Å². The van der Waals surface area contributed by atoms with Crippen LogP contribution in [-0.4, -0.2) is 29.7 Å². The van der Waals surface area contributed by atoms with Crippen molar-refractivity contribution in [1.29, 1.82) is 5.26 Å². The summed E-state index contributed by atoms with van der Waals surface area (Å²) in [7, 11) is 0. The molecular formula is C12H14N4O3. The fourth-order valence-corrected chi connectivity index (χ4v) is 1.30. The Balaban J connectivity index is 2.49. The number of nitrogens with zero attached hydrogens (tertiary/aromatic N) is 3. The Morgan fingerprint density at radius 3 is 3.00 bits per heavy atom. The van der Waals surface area contributed by atoms with Crippen molar-refractivity contribution < 1.29 is 9.66 Å². The SMILES string of the molecule is C=CCCOCCNc1ccc([N+](=O)[O-])c(C#N)n1. The third kappa shape index (κ3) is 4.73. The van der Waals surface area contributed by atoms with Crippen LogP contribution in [-0.2, 0) is 4.74 Å². The fourth-order valence-electron chi connectivity index (χ4n) is 1.30. The zero-order chi connectivity index (χ0) is 14.1. The number of nitro groups is 1. The lowest BCUT2D eigenvalue weighted by Gasteiger charge is -2.06. The number of aromatic nitrogens is 1. The van der Waals surface area contributed by atoms with Gasteiger partial charge < -0.3 is 10.1 Å². The molecule has 1 aromatic rings. The lowest BCUT2D eigenvalue weighted by atomic mass is 10.3. The van der Waals surface area contributed by atoms with E-state index in [0.717, 1.165) is 6.42 Å². The van der Waals surface area contributed by atoms with Crippen molar-refractivity contribution in [3.05, 3.63) is 40.6 Å². The summed E-state index contributed by atoms with van der Waals surface area (Å²) in [6.45, 7) is 5.16. The van der Waals surface area contributed by atoms with E-state index in [4.69, 9.17) is 10.00 Å². The molecule has 0 bridgehead atoms. The molecule has 0 saturated heterocycles. The molecule has 0 aliphatic carbocycles. The molecule has 0 aromatic carbocycles. The summed E-state index contributed by atoms with van der Waals surface area (Å²) in [6, 6.07) is 4.42. The van der Waals surface area contributed by atoms with Crippen LogP contribution < -0.4 is 5.32 Å². The van der Waals surface area contributed by atoms with Gasteiger partial charge in [-0.25, -0.2) is 4.98 Å². The van der Waals surface area contributed by atoms with E-state index in [-0.39, 0.29) is 11.4 Å². The highest BCUT2D eigenvalue weighted by molar-refractivity contribution is 5.50. The van der Waals surface area contributed by atoms with Crippen LogP contribution in [0.25, 0.3) is 0 Å². The summed E-state index contributed by atoms with van der Waals surface area (Å²) in [5.74, 6) is 0.412. The minimum atomic E-state index is -0.631. The van der Waals surface area contributed by atoms with Crippen molar-refractivity contribution in [1.82, 2.24) is 4.98 Å². The van der Waals surface area contributed by atoms with Gasteiger partial charge in [0.15, 0.2) is 0 Å². The molecule has 1 N–H and O–H groups in total. The Morgan fingerprint density at radius 1 is 1.58 bits per heavy atom. The highest BCUT2D eigenvalue weighted by Gasteiger charge is 2.15. The summed E-state index contributed by atoms with van der Waals surface area (Å²) in [5.41, 5.74) is -0.502. The largest absolute Gasteiger partial charge is 0.379 e. The second-order valence-electron chi connectivity index (χ2n) is 3.55. The maximum atomic E-state index is 10.6. The number of anilines is 1. The van der Waals surface area contributed by atoms with E-state index < -0.39 is 4.92 Å². The molecule has 0 amide bonds. The molecule has 19 heavy (non-hydrogen) atoms. The maximum Gasteiger partial charge on any atom is 0.305 e. The van der Waals surface area contributed by atoms with Crippen LogP contribution in [0.3, 0.4) is 0 Å². The van der Waals surface area contributed by atoms with Crippen LogP contribution in [0.5, 0.6) is 0 Å². The van der Waals surface area contributed by atoms with Gasteiger partial charge >= 0.3 is 5.69 Å². The third-order valence-corrected chi connectivity index (χ3v) is 2.20. The molecule has 100 valence electrons. The smallest absolute Gasteiger partial charge is 0.305 e. The monoisotopic (exact) mass is 262 g/mol. The standard InChI is InChI=1S/C12H14N4O3/c1-2-3-7-19-8-6-14-12-5-4-11(16(17)18)10(9-13)15-12/h2,4-5H,1,3,6-8H2,(H,14,15). The molecule has 7 nitrogen and oxygen atoms in total. The Bertz CT molecular complexity index is 496. The third-order valence-electron chi connectivity index (χ3n) is 2.20. The number of nitriles is 1. The van der Waals surface area contributed by atoms with Gasteiger partial charge in [-0.15, -0.1) is 6.58 Å². The van der Waals surface area contributed by atoms with Gasteiger partial charge in [-0.2, -0.15) is 5.26 Å². The van der Waals surface area contributed by atoms with Gasteiger partial charge in [-0.3, -0.25) is 10.1 Å². The molecule has 7 heteroatoms. The van der Waals surface area contributed by atoms with Gasteiger partial charge in [0.1, 0.15) is 11.9 Å². The molecule has 0 saturated carbocycles. The fraction of sp³-hybridized carbons (Fsp3) is 0.333. The first-order chi connectivity index (χ1) is 9.19. The summed E-state index contributed by atoms with van der Waals surface area (Å²) < 4.78 is 5.28. The molecule has 0 spiro atoms. The molecule has 0 unspecified atom stereocenters. The van der Waals surface area contributed by atoms with Gasteiger partial charge in [0.25, 0.3) is 0 Å². The Kier molecular flexibility index (Phi) is 5.98. The zero-order valence-electron chi connectivity index (χ0n) is 10.3. The Hall–Kier alpha value is -2.46. The molecule has 0 atom stereocenters. The van der Waals surface area contributed by atoms with Crippen molar-refractivity contribution in [3.63, 3.8) is 0 Å². The number of pyridine rings is 1. The van der Waals surface area contributed by atoms with Gasteiger partial charge in [-0.1, -0.05) is 6.08 Å². The van der Waals surface area contributed by atoms with Crippen LogP contribution in [0.2, 0.25) is 0 Å². The van der Waals surface area contributed by atoms with Crippen molar-refractivity contribution in [2.75, 3.05) is 25.1 Å². The van der Waals surface area contributed by atoms with Crippen molar-refractivity contribution >= 4 is 11.5 Å². The molecule has 1 aromatic heterocycles. The lowest BCUT2D eigenvalue weighted by Crippen LogP contribution is -2.11. The average molecular weight is 262 g/mol. The predicted octanol–water partition coefficient (Wildman–Crippen LogP) is 1.87. The second kappa shape index (κ2) is 7.79. The maximum absolute atomic E-state index is 10.6. The average Bonchev–Trinajstić information content (AvgIpc) is 2.42. The van der Waals surface area contributed by atoms with Gasteiger partial charge in [0, 0.05) is 12.6 Å². The number of rotatable bonds is 8. The predicted molar refractivity (Wildman–Crippen MR) is 69.7 cm³/mol. The van der Waals surface area contributed by atoms with E-state index in [9.17, 15) is 10.1 Å². The quantitative estimate of drug-likeness (QED) is 0.332. The van der Waals surface area contributed by atoms with Gasteiger partial charge in [-0.05, 0) is 12.5 Å². The van der Waals surface area contributed by atoms with E-state index in [1.807, 2.05) is 0 Å². The molecule has 1 rings (SSSR count). The highest BCUT2D eigenvalue weighted by atomic mass is 16.6. The molecule has 0 aliphatic rings. The number of hydrogen-bond donors (Lipinski definition) is 1. The summed E-state index contributed by atoms with van der Waals surface area (Å²) >= 11 is 0.